The zero-order chi connectivity index (χ0) is 10.5. The van der Waals surface area contributed by atoms with Gasteiger partial charge in [0.25, 0.3) is 0 Å². The van der Waals surface area contributed by atoms with Gasteiger partial charge >= 0.3 is 0 Å². The largest absolute Gasteiger partial charge is 0.453 e. The quantitative estimate of drug-likeness (QED) is 0.852. The first-order valence-corrected chi connectivity index (χ1v) is 6.54. The molecule has 0 aromatic carbocycles. The Morgan fingerprint density at radius 2 is 2.27 bits per heavy atom. The zero-order valence-corrected chi connectivity index (χ0v) is 10.6. The van der Waals surface area contributed by atoms with Crippen molar-refractivity contribution in [3.8, 4) is 0 Å². The van der Waals surface area contributed by atoms with Crippen LogP contribution in [0.4, 0.5) is 0 Å². The summed E-state index contributed by atoms with van der Waals surface area (Å²) in [5.41, 5.74) is 1.40. The van der Waals surface area contributed by atoms with E-state index in [4.69, 9.17) is 4.42 Å². The monoisotopic (exact) mass is 285 g/mol. The van der Waals surface area contributed by atoms with Crippen molar-refractivity contribution >= 4 is 27.3 Å². The maximum atomic E-state index is 5.38. The second-order valence-electron chi connectivity index (χ2n) is 3.26. The number of halogens is 1. The van der Waals surface area contributed by atoms with Gasteiger partial charge in [0.2, 0.25) is 0 Å². The molecular formula is C11H12BrNOS. The van der Waals surface area contributed by atoms with Gasteiger partial charge in [0, 0.05) is 0 Å². The smallest absolute Gasteiger partial charge is 0.169 e. The lowest BCUT2D eigenvalue weighted by molar-refractivity contribution is 0.466. The Labute approximate surface area is 101 Å². The van der Waals surface area contributed by atoms with E-state index in [1.165, 1.54) is 5.56 Å². The van der Waals surface area contributed by atoms with Gasteiger partial charge in [0.15, 0.2) is 4.67 Å². The fraction of sp³-hybridized carbons (Fsp3) is 0.273. The van der Waals surface area contributed by atoms with E-state index in [0.717, 1.165) is 29.9 Å². The molecule has 0 aliphatic carbocycles. The van der Waals surface area contributed by atoms with Gasteiger partial charge in [-0.25, -0.2) is 0 Å². The molecule has 4 heteroatoms. The molecule has 0 aliphatic rings. The van der Waals surface area contributed by atoms with Crippen LogP contribution in [0.5, 0.6) is 0 Å². The van der Waals surface area contributed by atoms with Crippen LogP contribution in [-0.2, 0) is 13.0 Å². The highest BCUT2D eigenvalue weighted by atomic mass is 79.9. The summed E-state index contributed by atoms with van der Waals surface area (Å²) >= 11 is 5.02. The second-order valence-corrected chi connectivity index (χ2v) is 4.83. The van der Waals surface area contributed by atoms with Crippen molar-refractivity contribution in [3.05, 3.63) is 45.0 Å². The summed E-state index contributed by atoms with van der Waals surface area (Å²) < 4.78 is 6.17. The number of hydrogen-bond acceptors (Lipinski definition) is 3. The summed E-state index contributed by atoms with van der Waals surface area (Å²) in [4.78, 5) is 0. The number of furan rings is 1. The average molecular weight is 286 g/mol. The molecule has 2 aromatic heterocycles. The van der Waals surface area contributed by atoms with E-state index in [1.807, 2.05) is 12.1 Å². The highest BCUT2D eigenvalue weighted by molar-refractivity contribution is 9.10. The van der Waals surface area contributed by atoms with Gasteiger partial charge in [0.1, 0.15) is 5.76 Å². The van der Waals surface area contributed by atoms with Gasteiger partial charge in [-0.05, 0) is 63.4 Å². The minimum atomic E-state index is 0.787. The van der Waals surface area contributed by atoms with Gasteiger partial charge in [-0.3, -0.25) is 0 Å². The van der Waals surface area contributed by atoms with E-state index < -0.39 is 0 Å². The normalized spacial score (nSPS) is 10.7. The summed E-state index contributed by atoms with van der Waals surface area (Å²) in [6.45, 7) is 1.77. The molecule has 15 heavy (non-hydrogen) atoms. The van der Waals surface area contributed by atoms with Crippen LogP contribution in [0.15, 0.2) is 38.0 Å². The van der Waals surface area contributed by atoms with Crippen molar-refractivity contribution in [2.75, 3.05) is 6.54 Å². The Kier molecular flexibility index (Phi) is 4.00. The van der Waals surface area contributed by atoms with Crippen molar-refractivity contribution in [3.63, 3.8) is 0 Å². The van der Waals surface area contributed by atoms with Crippen LogP contribution >= 0.6 is 27.3 Å². The third-order valence-electron chi connectivity index (χ3n) is 2.10. The van der Waals surface area contributed by atoms with Crippen LogP contribution < -0.4 is 5.32 Å². The van der Waals surface area contributed by atoms with E-state index >= 15 is 0 Å². The van der Waals surface area contributed by atoms with E-state index in [0.29, 0.717) is 0 Å². The lowest BCUT2D eigenvalue weighted by Gasteiger charge is -2.00. The van der Waals surface area contributed by atoms with E-state index in [-0.39, 0.29) is 0 Å². The minimum absolute atomic E-state index is 0.787. The molecule has 2 rings (SSSR count). The molecule has 0 aliphatic heterocycles. The van der Waals surface area contributed by atoms with Gasteiger partial charge < -0.3 is 9.73 Å². The second kappa shape index (κ2) is 5.49. The fourth-order valence-electron chi connectivity index (χ4n) is 1.33. The van der Waals surface area contributed by atoms with Gasteiger partial charge in [-0.1, -0.05) is 0 Å². The SMILES string of the molecule is Brc1ccc(CNCCc2ccsc2)o1. The molecule has 2 heterocycles. The Bertz CT molecular complexity index is 396. The zero-order valence-electron chi connectivity index (χ0n) is 8.20. The van der Waals surface area contributed by atoms with Crippen LogP contribution in [0, 0.1) is 0 Å². The Morgan fingerprint density at radius 1 is 1.33 bits per heavy atom. The summed E-state index contributed by atoms with van der Waals surface area (Å²) in [5.74, 6) is 0.965. The summed E-state index contributed by atoms with van der Waals surface area (Å²) in [7, 11) is 0. The Morgan fingerprint density at radius 3 is 2.93 bits per heavy atom. The van der Waals surface area contributed by atoms with Gasteiger partial charge in [-0.2, -0.15) is 11.3 Å². The molecule has 0 saturated heterocycles. The first kappa shape index (κ1) is 10.9. The maximum Gasteiger partial charge on any atom is 0.169 e. The number of rotatable bonds is 5. The molecule has 0 amide bonds. The number of nitrogens with one attached hydrogen (secondary N) is 1. The van der Waals surface area contributed by atoms with Crippen molar-refractivity contribution < 1.29 is 4.42 Å². The summed E-state index contributed by atoms with van der Waals surface area (Å²) in [5, 5.41) is 7.64. The predicted molar refractivity (Wildman–Crippen MR) is 66.1 cm³/mol. The molecule has 2 aromatic rings. The predicted octanol–water partition coefficient (Wildman–Crippen LogP) is 3.44. The molecule has 1 N–H and O–H groups in total. The highest BCUT2D eigenvalue weighted by Gasteiger charge is 1.98. The Hall–Kier alpha value is -0.580. The van der Waals surface area contributed by atoms with Crippen LogP contribution in [-0.4, -0.2) is 6.54 Å². The fourth-order valence-corrected chi connectivity index (χ4v) is 2.37. The molecule has 0 unspecified atom stereocenters. The molecule has 0 atom stereocenters. The van der Waals surface area contributed by atoms with E-state index in [1.54, 1.807) is 11.3 Å². The van der Waals surface area contributed by atoms with Crippen molar-refractivity contribution in [2.24, 2.45) is 0 Å². The van der Waals surface area contributed by atoms with Gasteiger partial charge in [-0.15, -0.1) is 0 Å². The van der Waals surface area contributed by atoms with Crippen LogP contribution in [0.1, 0.15) is 11.3 Å². The third-order valence-corrected chi connectivity index (χ3v) is 3.26. The standard InChI is InChI=1S/C11H12BrNOS/c12-11-2-1-10(14-11)7-13-5-3-9-4-6-15-8-9/h1-2,4,6,8,13H,3,5,7H2. The lowest BCUT2D eigenvalue weighted by Crippen LogP contribution is -2.15. The first-order chi connectivity index (χ1) is 7.34. The molecule has 2 nitrogen and oxygen atoms in total. The molecular weight excluding hydrogens is 274 g/mol. The number of hydrogen-bond donors (Lipinski definition) is 1. The molecule has 0 spiro atoms. The third kappa shape index (κ3) is 3.48. The summed E-state index contributed by atoms with van der Waals surface area (Å²) in [6.07, 6.45) is 1.07. The highest BCUT2D eigenvalue weighted by Crippen LogP contribution is 2.13. The average Bonchev–Trinajstić information content (AvgIpc) is 2.84. The van der Waals surface area contributed by atoms with E-state index in [2.05, 4.69) is 38.1 Å². The van der Waals surface area contributed by atoms with Crippen LogP contribution in [0.3, 0.4) is 0 Å². The lowest BCUT2D eigenvalue weighted by atomic mass is 10.2. The first-order valence-electron chi connectivity index (χ1n) is 4.80. The molecule has 80 valence electrons. The number of thiophene rings is 1. The Balaban J connectivity index is 1.67. The minimum Gasteiger partial charge on any atom is -0.453 e. The van der Waals surface area contributed by atoms with Crippen LogP contribution in [0.2, 0.25) is 0 Å². The van der Waals surface area contributed by atoms with Crippen molar-refractivity contribution in [1.29, 1.82) is 0 Å². The molecule has 0 radical (unpaired) electrons. The van der Waals surface area contributed by atoms with Gasteiger partial charge in [0.05, 0.1) is 6.54 Å². The summed E-state index contributed by atoms with van der Waals surface area (Å²) in [6, 6.07) is 6.05. The van der Waals surface area contributed by atoms with Crippen molar-refractivity contribution in [2.45, 2.75) is 13.0 Å². The van der Waals surface area contributed by atoms with Crippen molar-refractivity contribution in [1.82, 2.24) is 5.32 Å². The molecule has 0 fully saturated rings. The van der Waals surface area contributed by atoms with Crippen LogP contribution in [0.25, 0.3) is 0 Å². The maximum absolute atomic E-state index is 5.38. The molecule has 0 saturated carbocycles. The molecule has 0 bridgehead atoms. The topological polar surface area (TPSA) is 25.2 Å². The van der Waals surface area contributed by atoms with E-state index in [9.17, 15) is 0 Å².